The first kappa shape index (κ1) is 13.7. The van der Waals surface area contributed by atoms with Crippen LogP contribution < -0.4 is 10.6 Å². The SMILES string of the molecule is CC(C)NC(=O)C(C)NCCCn1ccnc1. The number of imidazole rings is 1. The summed E-state index contributed by atoms with van der Waals surface area (Å²) in [6.45, 7) is 7.55. The Labute approximate surface area is 103 Å². The average molecular weight is 238 g/mol. The van der Waals surface area contributed by atoms with E-state index in [1.54, 1.807) is 12.5 Å². The molecule has 1 heterocycles. The van der Waals surface area contributed by atoms with Gasteiger partial charge in [0.05, 0.1) is 12.4 Å². The van der Waals surface area contributed by atoms with Gasteiger partial charge < -0.3 is 15.2 Å². The Hall–Kier alpha value is -1.36. The van der Waals surface area contributed by atoms with Crippen molar-refractivity contribution >= 4 is 5.91 Å². The van der Waals surface area contributed by atoms with Crippen LogP contribution in [0.15, 0.2) is 18.7 Å². The zero-order valence-corrected chi connectivity index (χ0v) is 10.8. The van der Waals surface area contributed by atoms with Crippen molar-refractivity contribution in [2.75, 3.05) is 6.54 Å². The lowest BCUT2D eigenvalue weighted by atomic mass is 10.2. The molecule has 0 saturated heterocycles. The van der Waals surface area contributed by atoms with Crippen LogP contribution in [0.25, 0.3) is 0 Å². The first-order valence-corrected chi connectivity index (χ1v) is 6.09. The summed E-state index contributed by atoms with van der Waals surface area (Å²) in [5.41, 5.74) is 0. The monoisotopic (exact) mass is 238 g/mol. The standard InChI is InChI=1S/C12H22N4O/c1-10(2)15-12(17)11(3)14-5-4-7-16-8-6-13-9-16/h6,8-11,14H,4-5,7H2,1-3H3,(H,15,17). The van der Waals surface area contributed by atoms with E-state index in [9.17, 15) is 4.79 Å². The van der Waals surface area contributed by atoms with Crippen LogP contribution in [0.4, 0.5) is 0 Å². The van der Waals surface area contributed by atoms with Gasteiger partial charge in [0, 0.05) is 25.0 Å². The lowest BCUT2D eigenvalue weighted by Gasteiger charge is -2.15. The summed E-state index contributed by atoms with van der Waals surface area (Å²) in [6, 6.07) is 0.0536. The van der Waals surface area contributed by atoms with E-state index in [-0.39, 0.29) is 18.0 Å². The van der Waals surface area contributed by atoms with Crippen molar-refractivity contribution in [2.24, 2.45) is 0 Å². The number of aryl methyl sites for hydroxylation is 1. The topological polar surface area (TPSA) is 59.0 Å². The van der Waals surface area contributed by atoms with Crippen LogP contribution in [-0.2, 0) is 11.3 Å². The summed E-state index contributed by atoms with van der Waals surface area (Å²) in [4.78, 5) is 15.6. The minimum absolute atomic E-state index is 0.0580. The lowest BCUT2D eigenvalue weighted by Crippen LogP contribution is -2.45. The maximum atomic E-state index is 11.6. The second kappa shape index (κ2) is 7.06. The average Bonchev–Trinajstić information content (AvgIpc) is 2.75. The molecule has 0 radical (unpaired) electrons. The molecular formula is C12H22N4O. The minimum atomic E-state index is -0.139. The van der Waals surface area contributed by atoms with Crippen LogP contribution in [0.5, 0.6) is 0 Å². The van der Waals surface area contributed by atoms with Crippen LogP contribution >= 0.6 is 0 Å². The molecule has 1 atom stereocenters. The summed E-state index contributed by atoms with van der Waals surface area (Å²) >= 11 is 0. The fourth-order valence-corrected chi connectivity index (χ4v) is 1.50. The Morgan fingerprint density at radius 1 is 1.41 bits per heavy atom. The number of hydrogen-bond donors (Lipinski definition) is 2. The van der Waals surface area contributed by atoms with E-state index in [4.69, 9.17) is 0 Å². The summed E-state index contributed by atoms with van der Waals surface area (Å²) < 4.78 is 2.03. The van der Waals surface area contributed by atoms with Gasteiger partial charge in [-0.05, 0) is 33.7 Å². The van der Waals surface area contributed by atoms with Crippen LogP contribution in [0, 0.1) is 0 Å². The first-order valence-electron chi connectivity index (χ1n) is 6.09. The van der Waals surface area contributed by atoms with Crippen molar-refractivity contribution < 1.29 is 4.79 Å². The highest BCUT2D eigenvalue weighted by Gasteiger charge is 2.11. The largest absolute Gasteiger partial charge is 0.353 e. The normalized spacial score (nSPS) is 12.7. The molecule has 5 heteroatoms. The molecule has 96 valence electrons. The Morgan fingerprint density at radius 2 is 2.18 bits per heavy atom. The molecule has 1 unspecified atom stereocenters. The number of rotatable bonds is 7. The second-order valence-electron chi connectivity index (χ2n) is 4.49. The van der Waals surface area contributed by atoms with Gasteiger partial charge in [-0.1, -0.05) is 0 Å². The Bertz CT molecular complexity index is 321. The maximum Gasteiger partial charge on any atom is 0.237 e. The maximum absolute atomic E-state index is 11.6. The predicted octanol–water partition coefficient (Wildman–Crippen LogP) is 0.776. The van der Waals surface area contributed by atoms with E-state index in [0.717, 1.165) is 19.5 Å². The smallest absolute Gasteiger partial charge is 0.237 e. The molecule has 0 fully saturated rings. The first-order chi connectivity index (χ1) is 8.09. The van der Waals surface area contributed by atoms with Crippen LogP contribution in [0.1, 0.15) is 27.2 Å². The number of aromatic nitrogens is 2. The molecule has 1 rings (SSSR count). The molecule has 5 nitrogen and oxygen atoms in total. The fourth-order valence-electron chi connectivity index (χ4n) is 1.50. The number of amides is 1. The van der Waals surface area contributed by atoms with E-state index in [1.165, 1.54) is 0 Å². The van der Waals surface area contributed by atoms with Crippen LogP contribution in [0.2, 0.25) is 0 Å². The van der Waals surface area contributed by atoms with Gasteiger partial charge in [0.1, 0.15) is 0 Å². The van der Waals surface area contributed by atoms with Crippen molar-refractivity contribution in [1.29, 1.82) is 0 Å². The van der Waals surface area contributed by atoms with E-state index >= 15 is 0 Å². The van der Waals surface area contributed by atoms with Crippen LogP contribution in [0.3, 0.4) is 0 Å². The zero-order valence-electron chi connectivity index (χ0n) is 10.8. The summed E-state index contributed by atoms with van der Waals surface area (Å²) in [5.74, 6) is 0.0580. The third kappa shape index (κ3) is 5.49. The van der Waals surface area contributed by atoms with Gasteiger partial charge in [0.25, 0.3) is 0 Å². The van der Waals surface area contributed by atoms with Crippen molar-refractivity contribution in [1.82, 2.24) is 20.2 Å². The molecule has 2 N–H and O–H groups in total. The highest BCUT2D eigenvalue weighted by molar-refractivity contribution is 5.81. The van der Waals surface area contributed by atoms with Crippen molar-refractivity contribution in [3.05, 3.63) is 18.7 Å². The van der Waals surface area contributed by atoms with Crippen molar-refractivity contribution in [3.8, 4) is 0 Å². The summed E-state index contributed by atoms with van der Waals surface area (Å²) in [6.07, 6.45) is 6.49. The molecule has 1 amide bonds. The molecule has 1 aromatic rings. The van der Waals surface area contributed by atoms with Gasteiger partial charge in [0.15, 0.2) is 0 Å². The number of carbonyl (C=O) groups is 1. The predicted molar refractivity (Wildman–Crippen MR) is 67.6 cm³/mol. The summed E-state index contributed by atoms with van der Waals surface area (Å²) in [5, 5.41) is 6.08. The molecule has 1 aromatic heterocycles. The molecule has 0 bridgehead atoms. The van der Waals surface area contributed by atoms with Gasteiger partial charge in [-0.25, -0.2) is 4.98 Å². The van der Waals surface area contributed by atoms with Crippen molar-refractivity contribution in [2.45, 2.75) is 45.8 Å². The Balaban J connectivity index is 2.11. The van der Waals surface area contributed by atoms with E-state index in [0.29, 0.717) is 0 Å². The van der Waals surface area contributed by atoms with Gasteiger partial charge in [-0.3, -0.25) is 4.79 Å². The number of carbonyl (C=O) groups excluding carboxylic acids is 1. The lowest BCUT2D eigenvalue weighted by molar-refractivity contribution is -0.123. The molecule has 17 heavy (non-hydrogen) atoms. The molecule has 0 aliphatic carbocycles. The van der Waals surface area contributed by atoms with Crippen molar-refractivity contribution in [3.63, 3.8) is 0 Å². The number of nitrogens with zero attached hydrogens (tertiary/aromatic N) is 2. The molecule has 0 aliphatic heterocycles. The number of nitrogens with one attached hydrogen (secondary N) is 2. The third-order valence-corrected chi connectivity index (χ3v) is 2.43. The Kier molecular flexibility index (Phi) is 5.69. The highest BCUT2D eigenvalue weighted by Crippen LogP contribution is 1.91. The van der Waals surface area contributed by atoms with E-state index in [1.807, 2.05) is 31.5 Å². The van der Waals surface area contributed by atoms with Gasteiger partial charge in [0.2, 0.25) is 5.91 Å². The van der Waals surface area contributed by atoms with Crippen LogP contribution in [-0.4, -0.2) is 34.1 Å². The van der Waals surface area contributed by atoms with Gasteiger partial charge >= 0.3 is 0 Å². The van der Waals surface area contributed by atoms with Gasteiger partial charge in [-0.15, -0.1) is 0 Å². The third-order valence-electron chi connectivity index (χ3n) is 2.43. The van der Waals surface area contributed by atoms with Gasteiger partial charge in [-0.2, -0.15) is 0 Å². The molecule has 0 aliphatic rings. The fraction of sp³-hybridized carbons (Fsp3) is 0.667. The molecule has 0 spiro atoms. The second-order valence-corrected chi connectivity index (χ2v) is 4.49. The van der Waals surface area contributed by atoms with E-state index < -0.39 is 0 Å². The zero-order chi connectivity index (χ0) is 12.7. The molecule has 0 aromatic carbocycles. The molecule has 0 saturated carbocycles. The molecular weight excluding hydrogens is 216 g/mol. The quantitative estimate of drug-likeness (QED) is 0.690. The summed E-state index contributed by atoms with van der Waals surface area (Å²) in [7, 11) is 0. The minimum Gasteiger partial charge on any atom is -0.353 e. The van der Waals surface area contributed by atoms with E-state index in [2.05, 4.69) is 15.6 Å². The number of hydrogen-bond acceptors (Lipinski definition) is 3. The highest BCUT2D eigenvalue weighted by atomic mass is 16.2. The Morgan fingerprint density at radius 3 is 2.76 bits per heavy atom.